The van der Waals surface area contributed by atoms with Crippen molar-refractivity contribution < 1.29 is 13.7 Å². The molecule has 1 aliphatic rings. The van der Waals surface area contributed by atoms with Crippen LogP contribution in [0.2, 0.25) is 0 Å². The molecule has 3 aromatic rings. The van der Waals surface area contributed by atoms with Crippen LogP contribution in [0.25, 0.3) is 11.5 Å². The summed E-state index contributed by atoms with van der Waals surface area (Å²) in [5.74, 6) is 0.608. The summed E-state index contributed by atoms with van der Waals surface area (Å²) in [4.78, 5) is 19.4. The minimum Gasteiger partial charge on any atom is -0.334 e. The van der Waals surface area contributed by atoms with E-state index in [0.717, 1.165) is 36.8 Å². The average Bonchev–Trinajstić information content (AvgIpc) is 3.26. The number of rotatable bonds is 4. The molecule has 8 heteroatoms. The summed E-state index contributed by atoms with van der Waals surface area (Å²) in [5.41, 5.74) is 1.54. The van der Waals surface area contributed by atoms with Crippen LogP contribution in [0.3, 0.4) is 0 Å². The van der Waals surface area contributed by atoms with Crippen LogP contribution in [0.4, 0.5) is 4.39 Å². The Bertz CT molecular complexity index is 950. The monoisotopic (exact) mass is 383 g/mol. The van der Waals surface area contributed by atoms with Crippen LogP contribution >= 0.6 is 0 Å². The number of amides is 1. The number of hydrogen-bond donors (Lipinski definition) is 0. The Morgan fingerprint density at radius 2 is 2.07 bits per heavy atom. The van der Waals surface area contributed by atoms with Gasteiger partial charge < -0.3 is 9.42 Å². The van der Waals surface area contributed by atoms with Crippen LogP contribution in [-0.4, -0.2) is 37.3 Å². The fourth-order valence-electron chi connectivity index (χ4n) is 3.57. The molecule has 0 radical (unpaired) electrons. The van der Waals surface area contributed by atoms with E-state index in [9.17, 15) is 9.18 Å². The highest BCUT2D eigenvalue weighted by atomic mass is 19.1. The molecule has 0 unspecified atom stereocenters. The Kier molecular flexibility index (Phi) is 5.18. The van der Waals surface area contributed by atoms with Gasteiger partial charge in [-0.1, -0.05) is 30.1 Å². The molecule has 0 saturated carbocycles. The molecular weight excluding hydrogens is 361 g/mol. The second-order valence-corrected chi connectivity index (χ2v) is 7.12. The summed E-state index contributed by atoms with van der Waals surface area (Å²) in [6.45, 7) is 0.654. The summed E-state index contributed by atoms with van der Waals surface area (Å²) in [6, 6.07) is 5.83. The van der Waals surface area contributed by atoms with Crippen molar-refractivity contribution in [2.75, 3.05) is 6.54 Å². The van der Waals surface area contributed by atoms with Crippen molar-refractivity contribution in [1.29, 1.82) is 0 Å². The molecule has 146 valence electrons. The lowest BCUT2D eigenvalue weighted by Gasteiger charge is -2.28. The Morgan fingerprint density at radius 1 is 1.25 bits per heavy atom. The van der Waals surface area contributed by atoms with E-state index in [1.807, 2.05) is 18.1 Å². The molecule has 28 heavy (non-hydrogen) atoms. The van der Waals surface area contributed by atoms with Gasteiger partial charge in [0.25, 0.3) is 5.89 Å². The van der Waals surface area contributed by atoms with Crippen molar-refractivity contribution in [3.05, 3.63) is 53.9 Å². The number of carbonyl (C=O) groups excluding carboxylic acids is 1. The minimum absolute atomic E-state index is 0.00811. The number of hydrogen-bond acceptors (Lipinski definition) is 5. The molecule has 7 nitrogen and oxygen atoms in total. The summed E-state index contributed by atoms with van der Waals surface area (Å²) in [5, 5.41) is 8.28. The predicted octanol–water partition coefficient (Wildman–Crippen LogP) is 3.30. The SMILES string of the molecule is Cn1cc(-c2nc([C@H]3CCCCCN3C(=O)Cc3ccc(F)cc3)no2)cn1. The maximum absolute atomic E-state index is 13.1. The molecule has 2 aromatic heterocycles. The lowest BCUT2D eigenvalue weighted by molar-refractivity contribution is -0.133. The van der Waals surface area contributed by atoms with Crippen LogP contribution < -0.4 is 0 Å². The molecule has 1 amide bonds. The van der Waals surface area contributed by atoms with Crippen LogP contribution in [0.5, 0.6) is 0 Å². The first-order valence-electron chi connectivity index (χ1n) is 9.47. The zero-order valence-corrected chi connectivity index (χ0v) is 15.7. The average molecular weight is 383 g/mol. The summed E-state index contributed by atoms with van der Waals surface area (Å²) in [6.07, 6.45) is 7.50. The van der Waals surface area contributed by atoms with E-state index >= 15 is 0 Å². The summed E-state index contributed by atoms with van der Waals surface area (Å²) < 4.78 is 20.2. The fraction of sp³-hybridized carbons (Fsp3) is 0.400. The number of benzene rings is 1. The van der Waals surface area contributed by atoms with Gasteiger partial charge in [0.1, 0.15) is 5.82 Å². The topological polar surface area (TPSA) is 77.0 Å². The zero-order chi connectivity index (χ0) is 19.5. The van der Waals surface area contributed by atoms with Crippen molar-refractivity contribution in [2.24, 2.45) is 7.05 Å². The molecular formula is C20H22FN5O2. The maximum Gasteiger partial charge on any atom is 0.261 e. The first-order chi connectivity index (χ1) is 13.6. The number of halogens is 1. The van der Waals surface area contributed by atoms with Crippen molar-refractivity contribution in [2.45, 2.75) is 38.1 Å². The van der Waals surface area contributed by atoms with Gasteiger partial charge in [0.2, 0.25) is 5.91 Å². The maximum atomic E-state index is 13.1. The minimum atomic E-state index is -0.307. The number of nitrogens with zero attached hydrogens (tertiary/aromatic N) is 5. The molecule has 1 atom stereocenters. The Morgan fingerprint density at radius 3 is 2.82 bits per heavy atom. The molecule has 1 saturated heterocycles. The van der Waals surface area contributed by atoms with E-state index < -0.39 is 0 Å². The van der Waals surface area contributed by atoms with Crippen LogP contribution in [0.15, 0.2) is 41.2 Å². The lowest BCUT2D eigenvalue weighted by Crippen LogP contribution is -2.36. The third-order valence-corrected chi connectivity index (χ3v) is 5.03. The Labute approximate surface area is 162 Å². The van der Waals surface area contributed by atoms with Crippen molar-refractivity contribution >= 4 is 5.91 Å². The Hall–Kier alpha value is -3.03. The van der Waals surface area contributed by atoms with Crippen molar-refractivity contribution in [3.63, 3.8) is 0 Å². The molecule has 0 aliphatic carbocycles. The number of aryl methyl sites for hydroxylation is 1. The highest BCUT2D eigenvalue weighted by Crippen LogP contribution is 2.30. The first-order valence-corrected chi connectivity index (χ1v) is 9.47. The van der Waals surface area contributed by atoms with E-state index in [-0.39, 0.29) is 24.2 Å². The van der Waals surface area contributed by atoms with Crippen molar-refractivity contribution in [3.8, 4) is 11.5 Å². The third kappa shape index (κ3) is 3.95. The zero-order valence-electron chi connectivity index (χ0n) is 15.7. The highest BCUT2D eigenvalue weighted by molar-refractivity contribution is 5.79. The Balaban J connectivity index is 1.55. The molecule has 0 bridgehead atoms. The van der Waals surface area contributed by atoms with E-state index in [2.05, 4.69) is 15.2 Å². The summed E-state index contributed by atoms with van der Waals surface area (Å²) in [7, 11) is 1.82. The standard InChI is InChI=1S/C20H22FN5O2/c1-25-13-15(12-22-25)20-23-19(24-28-20)17-5-3-2-4-10-26(17)18(27)11-14-6-8-16(21)9-7-14/h6-9,12-13,17H,2-5,10-11H2,1H3/t17-/m1/s1. The molecule has 0 spiro atoms. The third-order valence-electron chi connectivity index (χ3n) is 5.03. The van der Waals surface area contributed by atoms with Gasteiger partial charge in [-0.3, -0.25) is 9.48 Å². The molecule has 1 aromatic carbocycles. The van der Waals surface area contributed by atoms with E-state index in [1.165, 1.54) is 12.1 Å². The van der Waals surface area contributed by atoms with E-state index in [4.69, 9.17) is 4.52 Å². The normalized spacial score (nSPS) is 17.5. The quantitative estimate of drug-likeness (QED) is 0.691. The molecule has 1 aliphatic heterocycles. The van der Waals surface area contributed by atoms with Gasteiger partial charge in [0, 0.05) is 19.8 Å². The van der Waals surface area contributed by atoms with E-state index in [0.29, 0.717) is 18.3 Å². The van der Waals surface area contributed by atoms with Crippen LogP contribution in [-0.2, 0) is 18.3 Å². The molecule has 0 N–H and O–H groups in total. The first kappa shape index (κ1) is 18.3. The molecule has 4 rings (SSSR count). The van der Waals surface area contributed by atoms with E-state index in [1.54, 1.807) is 23.0 Å². The largest absolute Gasteiger partial charge is 0.334 e. The molecule has 1 fully saturated rings. The van der Waals surface area contributed by atoms with Gasteiger partial charge in [-0.25, -0.2) is 4.39 Å². The highest BCUT2D eigenvalue weighted by Gasteiger charge is 2.30. The lowest BCUT2D eigenvalue weighted by atomic mass is 10.1. The van der Waals surface area contributed by atoms with Gasteiger partial charge >= 0.3 is 0 Å². The fourth-order valence-corrected chi connectivity index (χ4v) is 3.57. The predicted molar refractivity (Wildman–Crippen MR) is 99.5 cm³/mol. The van der Waals surface area contributed by atoms with Crippen molar-refractivity contribution in [1.82, 2.24) is 24.8 Å². The van der Waals surface area contributed by atoms with Crippen LogP contribution in [0.1, 0.15) is 43.1 Å². The van der Waals surface area contributed by atoms with Gasteiger partial charge in [-0.2, -0.15) is 10.1 Å². The van der Waals surface area contributed by atoms with Gasteiger partial charge in [0.15, 0.2) is 5.82 Å². The second-order valence-electron chi connectivity index (χ2n) is 7.12. The number of likely N-dealkylation sites (tertiary alicyclic amines) is 1. The number of carbonyl (C=O) groups is 1. The van der Waals surface area contributed by atoms with Crippen LogP contribution in [0, 0.1) is 5.82 Å². The summed E-state index contributed by atoms with van der Waals surface area (Å²) >= 11 is 0. The van der Waals surface area contributed by atoms with Gasteiger partial charge in [0.05, 0.1) is 24.2 Å². The van der Waals surface area contributed by atoms with Gasteiger partial charge in [-0.05, 0) is 30.5 Å². The van der Waals surface area contributed by atoms with Gasteiger partial charge in [-0.15, -0.1) is 0 Å². The smallest absolute Gasteiger partial charge is 0.261 e. The second kappa shape index (κ2) is 7.92. The molecule has 3 heterocycles. The number of aromatic nitrogens is 4.